The molecule has 0 unspecified atom stereocenters. The molecule has 0 amide bonds. The summed E-state index contributed by atoms with van der Waals surface area (Å²) < 4.78 is 62.1. The summed E-state index contributed by atoms with van der Waals surface area (Å²) in [6.07, 6.45) is 0.359. The molecular weight excluding hydrogens is 285 g/mol. The van der Waals surface area contributed by atoms with Crippen molar-refractivity contribution >= 4 is 15.9 Å². The summed E-state index contributed by atoms with van der Waals surface area (Å²) in [6.45, 7) is 2.99. The Hall–Kier alpha value is -1.57. The molecule has 19 heavy (non-hydrogen) atoms. The number of carbonyl (C=O) groups is 1. The average Bonchev–Trinajstić information content (AvgIpc) is 2.26. The van der Waals surface area contributed by atoms with Crippen molar-refractivity contribution in [1.29, 1.82) is 0 Å². The first-order chi connectivity index (χ1) is 8.58. The zero-order valence-electron chi connectivity index (χ0n) is 10.1. The van der Waals surface area contributed by atoms with Crippen molar-refractivity contribution < 1.29 is 30.6 Å². The van der Waals surface area contributed by atoms with Gasteiger partial charge in [-0.25, -0.2) is 0 Å². The average molecular weight is 296 g/mol. The molecule has 4 nitrogen and oxygen atoms in total. The number of halogens is 3. The molecule has 0 aliphatic heterocycles. The third-order valence-electron chi connectivity index (χ3n) is 2.33. The highest BCUT2D eigenvalue weighted by atomic mass is 32.2. The standard InChI is InChI=1S/C11H11F3O4S/c1-3-8-6-9(4-5-10(8)7(2)15)18-19(16,17)11(12,13)14/h4-6H,3H2,1-2H3. The first-order valence-electron chi connectivity index (χ1n) is 5.23. The van der Waals surface area contributed by atoms with Gasteiger partial charge in [0.05, 0.1) is 0 Å². The quantitative estimate of drug-likeness (QED) is 0.487. The van der Waals surface area contributed by atoms with E-state index >= 15 is 0 Å². The molecule has 0 aliphatic carbocycles. The fourth-order valence-corrected chi connectivity index (χ4v) is 1.88. The van der Waals surface area contributed by atoms with Crippen molar-refractivity contribution in [1.82, 2.24) is 0 Å². The number of Topliss-reactive ketones (excluding diaryl/α,β-unsaturated/α-hetero) is 1. The second kappa shape index (κ2) is 5.20. The highest BCUT2D eigenvalue weighted by Gasteiger charge is 2.48. The van der Waals surface area contributed by atoms with Gasteiger partial charge in [-0.3, -0.25) is 4.79 Å². The lowest BCUT2D eigenvalue weighted by Gasteiger charge is -2.11. The Morgan fingerprint density at radius 2 is 1.89 bits per heavy atom. The SMILES string of the molecule is CCc1cc(OS(=O)(=O)C(F)(F)F)ccc1C(C)=O. The first-order valence-corrected chi connectivity index (χ1v) is 6.64. The van der Waals surface area contributed by atoms with Crippen LogP contribution in [0.1, 0.15) is 29.8 Å². The molecule has 0 fully saturated rings. The molecule has 0 aliphatic rings. The van der Waals surface area contributed by atoms with Crippen LogP contribution in [0.2, 0.25) is 0 Å². The second-order valence-electron chi connectivity index (χ2n) is 3.71. The van der Waals surface area contributed by atoms with E-state index in [0.717, 1.165) is 12.1 Å². The molecule has 0 N–H and O–H groups in total. The van der Waals surface area contributed by atoms with Gasteiger partial charge in [0.15, 0.2) is 5.78 Å². The van der Waals surface area contributed by atoms with E-state index in [1.807, 2.05) is 0 Å². The van der Waals surface area contributed by atoms with Crippen LogP contribution in [0, 0.1) is 0 Å². The molecule has 0 aromatic heterocycles. The Morgan fingerprint density at radius 1 is 1.32 bits per heavy atom. The van der Waals surface area contributed by atoms with Crippen LogP contribution < -0.4 is 4.18 Å². The Kier molecular flexibility index (Phi) is 4.24. The number of ketones is 1. The number of carbonyl (C=O) groups excluding carboxylic acids is 1. The van der Waals surface area contributed by atoms with Gasteiger partial charge in [0.25, 0.3) is 0 Å². The molecule has 0 heterocycles. The number of rotatable bonds is 4. The second-order valence-corrected chi connectivity index (χ2v) is 5.25. The summed E-state index contributed by atoms with van der Waals surface area (Å²) in [7, 11) is -5.69. The Labute approximate surface area is 108 Å². The summed E-state index contributed by atoms with van der Waals surface area (Å²) in [5.41, 5.74) is -4.75. The van der Waals surface area contributed by atoms with Gasteiger partial charge < -0.3 is 4.18 Å². The zero-order valence-corrected chi connectivity index (χ0v) is 10.9. The summed E-state index contributed by atoms with van der Waals surface area (Å²) in [6, 6.07) is 3.36. The first kappa shape index (κ1) is 15.5. The van der Waals surface area contributed by atoms with Gasteiger partial charge in [0.2, 0.25) is 0 Å². The van der Waals surface area contributed by atoms with Crippen LogP contribution >= 0.6 is 0 Å². The van der Waals surface area contributed by atoms with Crippen molar-refractivity contribution in [2.24, 2.45) is 0 Å². The molecule has 106 valence electrons. The Morgan fingerprint density at radius 3 is 2.32 bits per heavy atom. The highest BCUT2D eigenvalue weighted by molar-refractivity contribution is 7.87. The summed E-state index contributed by atoms with van der Waals surface area (Å²) in [4.78, 5) is 11.2. The number of hydrogen-bond acceptors (Lipinski definition) is 4. The number of hydrogen-bond donors (Lipinski definition) is 0. The highest BCUT2D eigenvalue weighted by Crippen LogP contribution is 2.28. The van der Waals surface area contributed by atoms with Gasteiger partial charge in [-0.2, -0.15) is 21.6 Å². The molecule has 1 aromatic rings. The van der Waals surface area contributed by atoms with Gasteiger partial charge in [-0.05, 0) is 37.1 Å². The number of aryl methyl sites for hydroxylation is 1. The van der Waals surface area contributed by atoms with Crippen molar-refractivity contribution in [3.05, 3.63) is 29.3 Å². The monoisotopic (exact) mass is 296 g/mol. The van der Waals surface area contributed by atoms with Crippen LogP contribution in [0.4, 0.5) is 13.2 Å². The van der Waals surface area contributed by atoms with Crippen molar-refractivity contribution in [3.63, 3.8) is 0 Å². The maximum Gasteiger partial charge on any atom is 0.534 e. The van der Waals surface area contributed by atoms with Crippen LogP contribution in [0.15, 0.2) is 18.2 Å². The molecule has 0 bridgehead atoms. The molecule has 8 heteroatoms. The molecule has 1 aromatic carbocycles. The van der Waals surface area contributed by atoms with Crippen LogP contribution in [-0.2, 0) is 16.5 Å². The molecule has 0 saturated carbocycles. The van der Waals surface area contributed by atoms with E-state index in [9.17, 15) is 26.4 Å². The number of alkyl halides is 3. The van der Waals surface area contributed by atoms with Gasteiger partial charge in [-0.15, -0.1) is 0 Å². The molecule has 0 radical (unpaired) electrons. The van der Waals surface area contributed by atoms with E-state index in [1.165, 1.54) is 13.0 Å². The lowest BCUT2D eigenvalue weighted by molar-refractivity contribution is -0.0500. The minimum absolute atomic E-state index is 0.262. The lowest BCUT2D eigenvalue weighted by Crippen LogP contribution is -2.28. The summed E-state index contributed by atoms with van der Waals surface area (Å²) in [5, 5.41) is 0. The topological polar surface area (TPSA) is 60.4 Å². The van der Waals surface area contributed by atoms with Gasteiger partial charge in [-0.1, -0.05) is 6.92 Å². The Balaban J connectivity index is 3.16. The minimum Gasteiger partial charge on any atom is -0.376 e. The molecule has 0 saturated heterocycles. The normalized spacial score (nSPS) is 12.3. The van der Waals surface area contributed by atoms with Crippen LogP contribution in [0.25, 0.3) is 0 Å². The molecule has 0 spiro atoms. The third kappa shape index (κ3) is 3.46. The van der Waals surface area contributed by atoms with E-state index in [4.69, 9.17) is 0 Å². The van der Waals surface area contributed by atoms with E-state index in [2.05, 4.69) is 4.18 Å². The summed E-state index contributed by atoms with van der Waals surface area (Å²) >= 11 is 0. The summed E-state index contributed by atoms with van der Waals surface area (Å²) in [5.74, 6) is -0.735. The Bertz CT molecular complexity index is 590. The number of benzene rings is 1. The van der Waals surface area contributed by atoms with Crippen LogP contribution in [0.3, 0.4) is 0 Å². The van der Waals surface area contributed by atoms with E-state index in [1.54, 1.807) is 6.92 Å². The predicted molar refractivity (Wildman–Crippen MR) is 61.4 cm³/mol. The maximum absolute atomic E-state index is 12.1. The smallest absolute Gasteiger partial charge is 0.376 e. The molecule has 0 atom stereocenters. The fraction of sp³-hybridized carbons (Fsp3) is 0.364. The largest absolute Gasteiger partial charge is 0.534 e. The zero-order chi connectivity index (χ0) is 14.8. The van der Waals surface area contributed by atoms with Gasteiger partial charge >= 0.3 is 15.6 Å². The fourth-order valence-electron chi connectivity index (χ4n) is 1.43. The maximum atomic E-state index is 12.1. The molecular formula is C11H11F3O4S. The van der Waals surface area contributed by atoms with Gasteiger partial charge in [0.1, 0.15) is 5.75 Å². The molecule has 1 rings (SSSR count). The lowest BCUT2D eigenvalue weighted by atomic mass is 10.0. The van der Waals surface area contributed by atoms with Crippen LogP contribution in [-0.4, -0.2) is 19.7 Å². The predicted octanol–water partition coefficient (Wildman–Crippen LogP) is 2.68. The van der Waals surface area contributed by atoms with Crippen molar-refractivity contribution in [2.75, 3.05) is 0 Å². The van der Waals surface area contributed by atoms with Gasteiger partial charge in [0, 0.05) is 5.56 Å². The van der Waals surface area contributed by atoms with Crippen molar-refractivity contribution in [2.45, 2.75) is 25.8 Å². The van der Waals surface area contributed by atoms with E-state index < -0.39 is 21.4 Å². The minimum atomic E-state index is -5.69. The van der Waals surface area contributed by atoms with E-state index in [0.29, 0.717) is 17.5 Å². The van der Waals surface area contributed by atoms with Crippen molar-refractivity contribution in [3.8, 4) is 5.75 Å². The van der Waals surface area contributed by atoms with Crippen LogP contribution in [0.5, 0.6) is 5.75 Å². The third-order valence-corrected chi connectivity index (χ3v) is 3.31. The van der Waals surface area contributed by atoms with E-state index in [-0.39, 0.29) is 5.78 Å².